The summed E-state index contributed by atoms with van der Waals surface area (Å²) in [6.45, 7) is 3.97. The van der Waals surface area contributed by atoms with Crippen LogP contribution in [0.3, 0.4) is 0 Å². The molecule has 0 saturated heterocycles. The summed E-state index contributed by atoms with van der Waals surface area (Å²) in [5.41, 5.74) is -0.353. The Balaban J connectivity index is 2.64. The quantitative estimate of drug-likeness (QED) is 0.654. The van der Waals surface area contributed by atoms with Crippen molar-refractivity contribution in [2.45, 2.75) is 26.0 Å². The van der Waals surface area contributed by atoms with Gasteiger partial charge < -0.3 is 15.5 Å². The molecule has 0 saturated carbocycles. The molecule has 0 aliphatic heterocycles. The zero-order valence-electron chi connectivity index (χ0n) is 9.27. The van der Waals surface area contributed by atoms with Crippen molar-refractivity contribution in [3.63, 3.8) is 0 Å². The maximum Gasteiger partial charge on any atom is 0.339 e. The number of nitrogens with zero attached hydrogens (tertiary/aromatic N) is 2. The number of nitrogens with one attached hydrogen (secondary N) is 1. The van der Waals surface area contributed by atoms with Crippen LogP contribution in [0.5, 0.6) is 0 Å². The third kappa shape index (κ3) is 3.92. The maximum absolute atomic E-state index is 10.8. The summed E-state index contributed by atoms with van der Waals surface area (Å²) in [7, 11) is 0. The lowest BCUT2D eigenvalue weighted by Gasteiger charge is -2.17. The molecule has 1 rings (SSSR count). The van der Waals surface area contributed by atoms with Gasteiger partial charge in [-0.05, 0) is 13.8 Å². The summed E-state index contributed by atoms with van der Waals surface area (Å²) in [5.74, 6) is -1.05. The lowest BCUT2D eigenvalue weighted by Crippen LogP contribution is -2.34. The highest BCUT2D eigenvalue weighted by Crippen LogP contribution is 2.04. The van der Waals surface area contributed by atoms with Gasteiger partial charge in [-0.25, -0.2) is 14.8 Å². The zero-order valence-corrected chi connectivity index (χ0v) is 9.27. The average molecular weight is 225 g/mol. The molecule has 6 heteroatoms. The van der Waals surface area contributed by atoms with Gasteiger partial charge in [-0.3, -0.25) is 0 Å². The van der Waals surface area contributed by atoms with Gasteiger partial charge in [0, 0.05) is 19.3 Å². The number of hydrogen-bond acceptors (Lipinski definition) is 5. The van der Waals surface area contributed by atoms with Gasteiger partial charge in [-0.15, -0.1) is 0 Å². The van der Waals surface area contributed by atoms with Crippen molar-refractivity contribution in [2.75, 3.05) is 6.54 Å². The monoisotopic (exact) mass is 225 g/mol. The lowest BCUT2D eigenvalue weighted by atomic mass is 10.1. The fraction of sp³-hybridized carbons (Fsp3) is 0.500. The molecule has 0 aromatic carbocycles. The average Bonchev–Trinajstić information content (AvgIpc) is 2.16. The Hall–Kier alpha value is -1.53. The second kappa shape index (κ2) is 5.00. The largest absolute Gasteiger partial charge is 0.478 e. The van der Waals surface area contributed by atoms with Gasteiger partial charge in [-0.1, -0.05) is 0 Å². The summed E-state index contributed by atoms with van der Waals surface area (Å²) in [6, 6.07) is 0. The SMILES string of the molecule is CC(C)(O)CNCc1ncncc1C(=O)O. The van der Waals surface area contributed by atoms with Crippen LogP contribution in [0.1, 0.15) is 29.9 Å². The molecule has 0 aliphatic rings. The van der Waals surface area contributed by atoms with E-state index in [1.165, 1.54) is 12.5 Å². The number of aromatic carboxylic acids is 1. The second-order valence-electron chi connectivity index (χ2n) is 4.10. The molecule has 3 N–H and O–H groups in total. The van der Waals surface area contributed by atoms with E-state index in [9.17, 15) is 9.90 Å². The van der Waals surface area contributed by atoms with Gasteiger partial charge in [0.1, 0.15) is 11.9 Å². The molecule has 16 heavy (non-hydrogen) atoms. The second-order valence-corrected chi connectivity index (χ2v) is 4.10. The van der Waals surface area contributed by atoms with Crippen molar-refractivity contribution >= 4 is 5.97 Å². The van der Waals surface area contributed by atoms with E-state index in [4.69, 9.17) is 5.11 Å². The van der Waals surface area contributed by atoms with E-state index in [-0.39, 0.29) is 12.1 Å². The third-order valence-electron chi connectivity index (χ3n) is 1.88. The molecule has 6 nitrogen and oxygen atoms in total. The van der Waals surface area contributed by atoms with Crippen LogP contribution in [0.25, 0.3) is 0 Å². The van der Waals surface area contributed by atoms with Gasteiger partial charge in [0.25, 0.3) is 0 Å². The highest BCUT2D eigenvalue weighted by Gasteiger charge is 2.14. The molecule has 0 unspecified atom stereocenters. The van der Waals surface area contributed by atoms with Gasteiger partial charge in [0.05, 0.1) is 11.3 Å². The van der Waals surface area contributed by atoms with E-state index < -0.39 is 11.6 Å². The van der Waals surface area contributed by atoms with Crippen LogP contribution < -0.4 is 5.32 Å². The Morgan fingerprint density at radius 1 is 1.56 bits per heavy atom. The van der Waals surface area contributed by atoms with Crippen LogP contribution >= 0.6 is 0 Å². The van der Waals surface area contributed by atoms with Crippen LogP contribution in [0.4, 0.5) is 0 Å². The summed E-state index contributed by atoms with van der Waals surface area (Å²) < 4.78 is 0. The van der Waals surface area contributed by atoms with Gasteiger partial charge in [0.15, 0.2) is 0 Å². The van der Waals surface area contributed by atoms with E-state index >= 15 is 0 Å². The number of hydrogen-bond donors (Lipinski definition) is 3. The molecule has 0 atom stereocenters. The highest BCUT2D eigenvalue weighted by atomic mass is 16.4. The molecular formula is C10H15N3O3. The molecular weight excluding hydrogens is 210 g/mol. The molecule has 0 bridgehead atoms. The van der Waals surface area contributed by atoms with E-state index in [0.29, 0.717) is 12.2 Å². The van der Waals surface area contributed by atoms with Crippen LogP contribution in [0, 0.1) is 0 Å². The van der Waals surface area contributed by atoms with Crippen molar-refractivity contribution in [1.29, 1.82) is 0 Å². The zero-order chi connectivity index (χ0) is 12.2. The molecule has 0 aliphatic carbocycles. The molecule has 0 amide bonds. The van der Waals surface area contributed by atoms with E-state index in [1.54, 1.807) is 13.8 Å². The smallest absolute Gasteiger partial charge is 0.339 e. The summed E-state index contributed by atoms with van der Waals surface area (Å²) >= 11 is 0. The first-order chi connectivity index (χ1) is 7.40. The molecule has 0 fully saturated rings. The topological polar surface area (TPSA) is 95.3 Å². The van der Waals surface area contributed by atoms with Crippen LogP contribution in [-0.2, 0) is 6.54 Å². The van der Waals surface area contributed by atoms with Crippen LogP contribution in [0.15, 0.2) is 12.5 Å². The Morgan fingerprint density at radius 3 is 2.81 bits per heavy atom. The standard InChI is InChI=1S/C10H15N3O3/c1-10(2,16)5-11-4-8-7(9(14)15)3-12-6-13-8/h3,6,11,16H,4-5H2,1-2H3,(H,14,15). The van der Waals surface area contributed by atoms with Gasteiger partial charge in [0.2, 0.25) is 0 Å². The molecule has 88 valence electrons. The Kier molecular flexibility index (Phi) is 3.92. The first kappa shape index (κ1) is 12.5. The van der Waals surface area contributed by atoms with E-state index in [1.807, 2.05) is 0 Å². The Bertz CT molecular complexity index is 374. The van der Waals surface area contributed by atoms with Crippen molar-refractivity contribution < 1.29 is 15.0 Å². The third-order valence-corrected chi connectivity index (χ3v) is 1.88. The molecule has 0 spiro atoms. The summed E-state index contributed by atoms with van der Waals surface area (Å²) in [4.78, 5) is 18.4. The minimum Gasteiger partial charge on any atom is -0.478 e. The number of carbonyl (C=O) groups is 1. The van der Waals surface area contributed by atoms with Crippen molar-refractivity contribution in [3.8, 4) is 0 Å². The van der Waals surface area contributed by atoms with Gasteiger partial charge >= 0.3 is 5.97 Å². The fourth-order valence-corrected chi connectivity index (χ4v) is 1.16. The highest BCUT2D eigenvalue weighted by molar-refractivity contribution is 5.88. The van der Waals surface area contributed by atoms with Crippen molar-refractivity contribution in [2.24, 2.45) is 0 Å². The predicted octanol–water partition coefficient (Wildman–Crippen LogP) is 0.0353. The normalized spacial score (nSPS) is 11.4. The Morgan fingerprint density at radius 2 is 2.25 bits per heavy atom. The van der Waals surface area contributed by atoms with E-state index in [0.717, 1.165) is 0 Å². The lowest BCUT2D eigenvalue weighted by molar-refractivity contribution is 0.0694. The molecule has 0 radical (unpaired) electrons. The number of aliphatic hydroxyl groups is 1. The van der Waals surface area contributed by atoms with Gasteiger partial charge in [-0.2, -0.15) is 0 Å². The summed E-state index contributed by atoms with van der Waals surface area (Å²) in [5, 5.41) is 21.3. The minimum absolute atomic E-state index is 0.0748. The first-order valence-electron chi connectivity index (χ1n) is 4.85. The van der Waals surface area contributed by atoms with Crippen LogP contribution in [0.2, 0.25) is 0 Å². The van der Waals surface area contributed by atoms with Crippen molar-refractivity contribution in [3.05, 3.63) is 23.8 Å². The number of aromatic nitrogens is 2. The number of rotatable bonds is 5. The predicted molar refractivity (Wildman–Crippen MR) is 57.0 cm³/mol. The van der Waals surface area contributed by atoms with E-state index in [2.05, 4.69) is 15.3 Å². The molecule has 1 aromatic rings. The number of carboxylic acid groups (broad SMARTS) is 1. The fourth-order valence-electron chi connectivity index (χ4n) is 1.16. The Labute approximate surface area is 93.4 Å². The maximum atomic E-state index is 10.8. The molecule has 1 aromatic heterocycles. The first-order valence-corrected chi connectivity index (χ1v) is 4.85. The summed E-state index contributed by atoms with van der Waals surface area (Å²) in [6.07, 6.45) is 2.56. The minimum atomic E-state index is -1.05. The van der Waals surface area contributed by atoms with Crippen LogP contribution in [-0.4, -0.2) is 38.3 Å². The number of carboxylic acids is 1. The molecule has 1 heterocycles. The van der Waals surface area contributed by atoms with Crippen molar-refractivity contribution in [1.82, 2.24) is 15.3 Å².